The molecule has 0 unspecified atom stereocenters. The lowest BCUT2D eigenvalue weighted by Crippen LogP contribution is -2.14. The van der Waals surface area contributed by atoms with Crippen LogP contribution in [0, 0.1) is 0 Å². The maximum atomic E-state index is 12.1. The van der Waals surface area contributed by atoms with E-state index < -0.39 is 18.1 Å². The summed E-state index contributed by atoms with van der Waals surface area (Å²) in [5.74, 6) is -1.72. The standard InChI is InChI=1S/C20H17ClO7/c1-10(2)18(22)26-16-9-15(27-20(24)25-5)14-8-12(21)6-7-13(14)17(16)28-19(23)11(3)4/h6-9H,1,3H2,2,4-5H3. The van der Waals surface area contributed by atoms with E-state index in [0.717, 1.165) is 7.11 Å². The highest BCUT2D eigenvalue weighted by molar-refractivity contribution is 6.31. The predicted octanol–water partition coefficient (Wildman–Crippen LogP) is 4.60. The summed E-state index contributed by atoms with van der Waals surface area (Å²) in [6.45, 7) is 9.96. The molecule has 0 aliphatic rings. The molecule has 28 heavy (non-hydrogen) atoms. The monoisotopic (exact) mass is 404 g/mol. The maximum Gasteiger partial charge on any atom is 0.513 e. The van der Waals surface area contributed by atoms with Crippen molar-refractivity contribution in [1.29, 1.82) is 0 Å². The highest BCUT2D eigenvalue weighted by Crippen LogP contribution is 2.43. The quantitative estimate of drug-likeness (QED) is 0.311. The van der Waals surface area contributed by atoms with E-state index in [9.17, 15) is 14.4 Å². The minimum atomic E-state index is -0.995. The molecule has 0 saturated carbocycles. The lowest BCUT2D eigenvalue weighted by Gasteiger charge is -2.16. The van der Waals surface area contributed by atoms with Crippen molar-refractivity contribution >= 4 is 40.5 Å². The zero-order valence-corrected chi connectivity index (χ0v) is 16.2. The highest BCUT2D eigenvalue weighted by atomic mass is 35.5. The van der Waals surface area contributed by atoms with Crippen molar-refractivity contribution in [2.24, 2.45) is 0 Å². The fourth-order valence-corrected chi connectivity index (χ4v) is 2.25. The lowest BCUT2D eigenvalue weighted by atomic mass is 10.1. The Hall–Kier alpha value is -3.32. The van der Waals surface area contributed by atoms with Crippen molar-refractivity contribution in [2.45, 2.75) is 13.8 Å². The third-order valence-electron chi connectivity index (χ3n) is 3.43. The van der Waals surface area contributed by atoms with Crippen molar-refractivity contribution in [1.82, 2.24) is 0 Å². The second kappa shape index (κ2) is 8.58. The molecule has 0 radical (unpaired) electrons. The molecule has 0 N–H and O–H groups in total. The smallest absolute Gasteiger partial charge is 0.437 e. The summed E-state index contributed by atoms with van der Waals surface area (Å²) in [5.41, 5.74) is 0.248. The van der Waals surface area contributed by atoms with Crippen LogP contribution in [0.15, 0.2) is 48.6 Å². The Kier molecular flexibility index (Phi) is 6.43. The molecule has 2 aromatic rings. The molecule has 0 saturated heterocycles. The first kappa shape index (κ1) is 21.0. The fourth-order valence-electron chi connectivity index (χ4n) is 2.08. The van der Waals surface area contributed by atoms with E-state index in [0.29, 0.717) is 15.8 Å². The van der Waals surface area contributed by atoms with Gasteiger partial charge in [-0.3, -0.25) is 0 Å². The van der Waals surface area contributed by atoms with Gasteiger partial charge in [-0.2, -0.15) is 0 Å². The van der Waals surface area contributed by atoms with Crippen LogP contribution >= 0.6 is 11.6 Å². The Bertz CT molecular complexity index is 1010. The average Bonchev–Trinajstić information content (AvgIpc) is 2.63. The third kappa shape index (κ3) is 4.69. The van der Waals surface area contributed by atoms with Gasteiger partial charge in [0.05, 0.1) is 7.11 Å². The molecule has 0 aliphatic carbocycles. The van der Waals surface area contributed by atoms with E-state index in [2.05, 4.69) is 17.9 Å². The van der Waals surface area contributed by atoms with Crippen LogP contribution in [0.4, 0.5) is 4.79 Å². The van der Waals surface area contributed by atoms with Gasteiger partial charge >= 0.3 is 18.1 Å². The topological polar surface area (TPSA) is 88.1 Å². The van der Waals surface area contributed by atoms with Crippen molar-refractivity contribution in [2.75, 3.05) is 7.11 Å². The van der Waals surface area contributed by atoms with Crippen LogP contribution in [0.5, 0.6) is 17.2 Å². The molecule has 2 aromatic carbocycles. The zero-order valence-electron chi connectivity index (χ0n) is 15.5. The number of benzene rings is 2. The second-order valence-electron chi connectivity index (χ2n) is 5.79. The van der Waals surface area contributed by atoms with E-state index in [-0.39, 0.29) is 28.4 Å². The van der Waals surface area contributed by atoms with Crippen LogP contribution in [0.2, 0.25) is 5.02 Å². The second-order valence-corrected chi connectivity index (χ2v) is 6.22. The van der Waals surface area contributed by atoms with Crippen molar-refractivity contribution in [3.05, 3.63) is 53.6 Å². The first-order valence-corrected chi connectivity index (χ1v) is 8.29. The maximum absolute atomic E-state index is 12.1. The number of carbonyl (C=O) groups is 3. The number of methoxy groups -OCH3 is 1. The van der Waals surface area contributed by atoms with Gasteiger partial charge in [0.15, 0.2) is 11.5 Å². The van der Waals surface area contributed by atoms with Crippen LogP contribution in [-0.4, -0.2) is 25.2 Å². The normalized spacial score (nSPS) is 10.1. The number of rotatable bonds is 5. The number of hydrogen-bond acceptors (Lipinski definition) is 7. The Morgan fingerprint density at radius 1 is 0.857 bits per heavy atom. The molecule has 7 nitrogen and oxygen atoms in total. The molecular weight excluding hydrogens is 388 g/mol. The van der Waals surface area contributed by atoms with Crippen molar-refractivity contribution in [3.63, 3.8) is 0 Å². The SMILES string of the molecule is C=C(C)C(=O)Oc1cc(OC(=O)OC)c2cc(Cl)ccc2c1OC(=O)C(=C)C. The Morgan fingerprint density at radius 3 is 2.04 bits per heavy atom. The van der Waals surface area contributed by atoms with Gasteiger partial charge in [-0.25, -0.2) is 14.4 Å². The Morgan fingerprint density at radius 2 is 1.46 bits per heavy atom. The summed E-state index contributed by atoms with van der Waals surface area (Å²) >= 11 is 6.04. The van der Waals surface area contributed by atoms with Crippen LogP contribution in [-0.2, 0) is 14.3 Å². The van der Waals surface area contributed by atoms with E-state index in [1.807, 2.05) is 0 Å². The fraction of sp³-hybridized carbons (Fsp3) is 0.150. The molecule has 0 heterocycles. The highest BCUT2D eigenvalue weighted by Gasteiger charge is 2.22. The molecule has 8 heteroatoms. The molecule has 0 amide bonds. The largest absolute Gasteiger partial charge is 0.513 e. The number of esters is 2. The zero-order chi connectivity index (χ0) is 21.0. The van der Waals surface area contributed by atoms with Crippen molar-refractivity contribution in [3.8, 4) is 17.2 Å². The van der Waals surface area contributed by atoms with Gasteiger partial charge in [0, 0.05) is 33.0 Å². The van der Waals surface area contributed by atoms with Gasteiger partial charge in [0.1, 0.15) is 5.75 Å². The van der Waals surface area contributed by atoms with Crippen LogP contribution in [0.1, 0.15) is 13.8 Å². The number of carbonyl (C=O) groups excluding carboxylic acids is 3. The Balaban J connectivity index is 2.76. The van der Waals surface area contributed by atoms with Gasteiger partial charge in [0.25, 0.3) is 0 Å². The lowest BCUT2D eigenvalue weighted by molar-refractivity contribution is -0.132. The number of hydrogen-bond donors (Lipinski definition) is 0. The summed E-state index contributed by atoms with van der Waals surface area (Å²) in [5, 5.41) is 0.980. The molecule has 0 aliphatic heterocycles. The molecule has 0 aromatic heterocycles. The molecular formula is C20H17ClO7. The minimum absolute atomic E-state index is 0.0102. The van der Waals surface area contributed by atoms with Gasteiger partial charge < -0.3 is 18.9 Å². The van der Waals surface area contributed by atoms with Crippen LogP contribution in [0.25, 0.3) is 10.8 Å². The van der Waals surface area contributed by atoms with Crippen LogP contribution in [0.3, 0.4) is 0 Å². The number of ether oxygens (including phenoxy) is 4. The molecule has 0 spiro atoms. The van der Waals surface area contributed by atoms with Crippen LogP contribution < -0.4 is 14.2 Å². The first-order chi connectivity index (χ1) is 13.1. The number of fused-ring (bicyclic) bond motifs is 1. The molecule has 146 valence electrons. The molecule has 0 fully saturated rings. The van der Waals surface area contributed by atoms with Gasteiger partial charge in [-0.05, 0) is 32.0 Å². The minimum Gasteiger partial charge on any atom is -0.437 e. The van der Waals surface area contributed by atoms with Gasteiger partial charge in [0.2, 0.25) is 0 Å². The van der Waals surface area contributed by atoms with E-state index >= 15 is 0 Å². The number of halogens is 1. The Labute approximate surface area is 166 Å². The summed E-state index contributed by atoms with van der Waals surface area (Å²) < 4.78 is 20.3. The predicted molar refractivity (Wildman–Crippen MR) is 103 cm³/mol. The summed E-state index contributed by atoms with van der Waals surface area (Å²) in [6, 6.07) is 5.78. The molecule has 2 rings (SSSR count). The average molecular weight is 405 g/mol. The summed E-state index contributed by atoms with van der Waals surface area (Å²) in [7, 11) is 1.14. The van der Waals surface area contributed by atoms with E-state index in [1.54, 1.807) is 0 Å². The molecule has 0 bridgehead atoms. The van der Waals surface area contributed by atoms with Crippen molar-refractivity contribution < 1.29 is 33.3 Å². The van der Waals surface area contributed by atoms with Gasteiger partial charge in [-0.15, -0.1) is 0 Å². The summed E-state index contributed by atoms with van der Waals surface area (Å²) in [4.78, 5) is 35.7. The molecule has 0 atom stereocenters. The van der Waals surface area contributed by atoms with E-state index in [4.69, 9.17) is 25.8 Å². The van der Waals surface area contributed by atoms with Gasteiger partial charge in [-0.1, -0.05) is 24.8 Å². The first-order valence-electron chi connectivity index (χ1n) is 7.91. The summed E-state index contributed by atoms with van der Waals surface area (Å²) in [6.07, 6.45) is -0.995. The van der Waals surface area contributed by atoms with E-state index in [1.165, 1.54) is 38.1 Å². The third-order valence-corrected chi connectivity index (χ3v) is 3.67.